The Kier molecular flexibility index (Phi) is 6.09. The molecule has 1 heterocycles. The number of rotatable bonds is 0. The van der Waals surface area contributed by atoms with Gasteiger partial charge in [0.1, 0.15) is 0 Å². The van der Waals surface area contributed by atoms with Crippen molar-refractivity contribution in [2.45, 2.75) is 0 Å². The predicted molar refractivity (Wildman–Crippen MR) is 47.3 cm³/mol. The quantitative estimate of drug-likeness (QED) is 0.473. The van der Waals surface area contributed by atoms with Crippen molar-refractivity contribution in [1.82, 2.24) is 0 Å². The van der Waals surface area contributed by atoms with Crippen LogP contribution in [0.2, 0.25) is 0 Å². The summed E-state index contributed by atoms with van der Waals surface area (Å²) >= 11 is 6.06. The summed E-state index contributed by atoms with van der Waals surface area (Å²) in [5, 5.41) is 3.94. The van der Waals surface area contributed by atoms with Gasteiger partial charge in [-0.3, -0.25) is 0 Å². The molecule has 4 heteroatoms. The first-order valence-corrected chi connectivity index (χ1v) is 5.20. The van der Waals surface area contributed by atoms with E-state index in [0.717, 1.165) is 0 Å². The second kappa shape index (κ2) is 5.26. The van der Waals surface area contributed by atoms with Crippen LogP contribution in [0.25, 0.3) is 0 Å². The minimum atomic E-state index is 0. The van der Waals surface area contributed by atoms with Gasteiger partial charge in [0.15, 0.2) is 0 Å². The third kappa shape index (κ3) is 3.68. The molecule has 1 aliphatic rings. The lowest BCUT2D eigenvalue weighted by atomic mass is 10.8. The maximum absolute atomic E-state index is 2.02. The van der Waals surface area contributed by atoms with Gasteiger partial charge in [-0.2, -0.15) is 0 Å². The molecule has 0 amide bonds. The molecule has 1 rings (SSSR count). The maximum Gasteiger partial charge on any atom is 0.0814 e. The standard InChI is InChI=1S/C3H6S3.BH3/c1-4-2-6-3-5-1;/h1-3H2;1H3. The molecule has 7 heavy (non-hydrogen) atoms. The van der Waals surface area contributed by atoms with Crippen LogP contribution in [0.1, 0.15) is 0 Å². The fourth-order valence-electron chi connectivity index (χ4n) is 0.279. The van der Waals surface area contributed by atoms with E-state index < -0.39 is 0 Å². The minimum absolute atomic E-state index is 0. The van der Waals surface area contributed by atoms with E-state index >= 15 is 0 Å². The molecule has 0 spiro atoms. The van der Waals surface area contributed by atoms with Crippen molar-refractivity contribution in [2.75, 3.05) is 15.3 Å². The van der Waals surface area contributed by atoms with Gasteiger partial charge in [0.05, 0.1) is 8.41 Å². The lowest BCUT2D eigenvalue weighted by molar-refractivity contribution is 2.03. The molecule has 0 saturated carbocycles. The summed E-state index contributed by atoms with van der Waals surface area (Å²) < 4.78 is 0. The zero-order valence-corrected chi connectivity index (χ0v) is 5.80. The highest BCUT2D eigenvalue weighted by atomic mass is 32.3. The average Bonchev–Trinajstić information content (AvgIpc) is 1.72. The zero-order valence-electron chi connectivity index (χ0n) is 3.35. The Balaban J connectivity index is 0.000000360. The van der Waals surface area contributed by atoms with Crippen molar-refractivity contribution in [1.29, 1.82) is 0 Å². The van der Waals surface area contributed by atoms with Crippen LogP contribution >= 0.6 is 35.3 Å². The van der Waals surface area contributed by atoms with Gasteiger partial charge in [-0.15, -0.1) is 35.3 Å². The van der Waals surface area contributed by atoms with Gasteiger partial charge in [0.25, 0.3) is 0 Å². The summed E-state index contributed by atoms with van der Waals surface area (Å²) in [6.07, 6.45) is 0. The van der Waals surface area contributed by atoms with E-state index in [2.05, 4.69) is 0 Å². The summed E-state index contributed by atoms with van der Waals surface area (Å²) in [6, 6.07) is 0. The summed E-state index contributed by atoms with van der Waals surface area (Å²) in [5.41, 5.74) is 0. The molecule has 1 aliphatic heterocycles. The lowest BCUT2D eigenvalue weighted by Gasteiger charge is -2.05. The second-order valence-corrected chi connectivity index (χ2v) is 5.02. The highest BCUT2D eigenvalue weighted by molar-refractivity contribution is 8.31. The van der Waals surface area contributed by atoms with Crippen molar-refractivity contribution in [3.8, 4) is 0 Å². The zero-order chi connectivity index (χ0) is 4.24. The van der Waals surface area contributed by atoms with E-state index in [4.69, 9.17) is 0 Å². The molecule has 0 aromatic heterocycles. The molecular weight excluding hydrogens is 143 g/mol. The third-order valence-electron chi connectivity index (χ3n) is 0.500. The Morgan fingerprint density at radius 3 is 1.14 bits per heavy atom. The molecule has 1 fully saturated rings. The van der Waals surface area contributed by atoms with Crippen LogP contribution in [0, 0.1) is 0 Å². The summed E-state index contributed by atoms with van der Waals surface area (Å²) in [4.78, 5) is 0. The SMILES string of the molecule is B.C1SCSCS1. The molecule has 0 aromatic carbocycles. The van der Waals surface area contributed by atoms with Crippen molar-refractivity contribution >= 4 is 43.7 Å². The molecule has 0 N–H and O–H groups in total. The largest absolute Gasteiger partial charge is 0.140 e. The van der Waals surface area contributed by atoms with Crippen LogP contribution in [0.4, 0.5) is 0 Å². The van der Waals surface area contributed by atoms with E-state index in [0.29, 0.717) is 0 Å². The number of thioether (sulfide) groups is 3. The topological polar surface area (TPSA) is 0 Å². The van der Waals surface area contributed by atoms with E-state index in [1.165, 1.54) is 15.3 Å². The Hall–Kier alpha value is 1.11. The molecule has 0 aliphatic carbocycles. The smallest absolute Gasteiger partial charge is 0.0814 e. The van der Waals surface area contributed by atoms with Crippen LogP contribution in [-0.4, -0.2) is 23.7 Å². The first-order valence-electron chi connectivity index (χ1n) is 1.73. The highest BCUT2D eigenvalue weighted by Gasteiger charge is 1.96. The monoisotopic (exact) mass is 152 g/mol. The molecule has 0 bridgehead atoms. The summed E-state index contributed by atoms with van der Waals surface area (Å²) in [6.45, 7) is 0. The van der Waals surface area contributed by atoms with Crippen molar-refractivity contribution < 1.29 is 0 Å². The predicted octanol–water partition coefficient (Wildman–Crippen LogP) is 0.888. The lowest BCUT2D eigenvalue weighted by Crippen LogP contribution is -1.82. The van der Waals surface area contributed by atoms with Gasteiger partial charge in [-0.05, 0) is 0 Å². The second-order valence-electron chi connectivity index (χ2n) is 0.966. The fraction of sp³-hybridized carbons (Fsp3) is 1.00. The van der Waals surface area contributed by atoms with Gasteiger partial charge in [-0.1, -0.05) is 0 Å². The molecule has 0 radical (unpaired) electrons. The van der Waals surface area contributed by atoms with Crippen molar-refractivity contribution in [3.05, 3.63) is 0 Å². The summed E-state index contributed by atoms with van der Waals surface area (Å²) in [5.74, 6) is 0. The third-order valence-corrected chi connectivity index (χ3v) is 4.50. The van der Waals surface area contributed by atoms with Crippen LogP contribution in [0.5, 0.6) is 0 Å². The van der Waals surface area contributed by atoms with Crippen molar-refractivity contribution in [3.63, 3.8) is 0 Å². The normalized spacial score (nSPS) is 20.6. The Labute approximate surface area is 59.2 Å². The van der Waals surface area contributed by atoms with Gasteiger partial charge >= 0.3 is 0 Å². The molecule has 0 nitrogen and oxygen atoms in total. The summed E-state index contributed by atoms with van der Waals surface area (Å²) in [7, 11) is 0. The molecule has 1 saturated heterocycles. The van der Waals surface area contributed by atoms with E-state index in [1.54, 1.807) is 0 Å². The van der Waals surface area contributed by atoms with Crippen LogP contribution < -0.4 is 0 Å². The van der Waals surface area contributed by atoms with E-state index in [-0.39, 0.29) is 8.41 Å². The molecule has 0 atom stereocenters. The Morgan fingerprint density at radius 1 is 0.714 bits per heavy atom. The van der Waals surface area contributed by atoms with Gasteiger partial charge in [-0.25, -0.2) is 0 Å². The number of hydrogen-bond acceptors (Lipinski definition) is 3. The Bertz CT molecular complexity index is 25.7. The van der Waals surface area contributed by atoms with E-state index in [9.17, 15) is 0 Å². The van der Waals surface area contributed by atoms with Crippen molar-refractivity contribution in [2.24, 2.45) is 0 Å². The average molecular weight is 152 g/mol. The van der Waals surface area contributed by atoms with Gasteiger partial charge in [0, 0.05) is 15.3 Å². The van der Waals surface area contributed by atoms with Crippen LogP contribution in [0.3, 0.4) is 0 Å². The number of hydrogen-bond donors (Lipinski definition) is 0. The Morgan fingerprint density at radius 2 is 1.00 bits per heavy atom. The fourth-order valence-corrected chi connectivity index (χ4v) is 4.35. The van der Waals surface area contributed by atoms with Crippen LogP contribution in [0.15, 0.2) is 0 Å². The first-order chi connectivity index (χ1) is 3.00. The van der Waals surface area contributed by atoms with Gasteiger partial charge < -0.3 is 0 Å². The highest BCUT2D eigenvalue weighted by Crippen LogP contribution is 2.27. The minimum Gasteiger partial charge on any atom is -0.140 e. The van der Waals surface area contributed by atoms with Crippen LogP contribution in [-0.2, 0) is 0 Å². The molecule has 0 aromatic rings. The van der Waals surface area contributed by atoms with Gasteiger partial charge in [0.2, 0.25) is 0 Å². The van der Waals surface area contributed by atoms with E-state index in [1.807, 2.05) is 35.3 Å². The molecular formula is C3H9BS3. The molecule has 42 valence electrons. The molecule has 0 unspecified atom stereocenters. The first kappa shape index (κ1) is 8.11. The maximum atomic E-state index is 2.02.